The van der Waals surface area contributed by atoms with Gasteiger partial charge in [0.25, 0.3) is 0 Å². The highest BCUT2D eigenvalue weighted by Gasteiger charge is 2.40. The molecule has 0 unspecified atom stereocenters. The van der Waals surface area contributed by atoms with Crippen LogP contribution in [0.2, 0.25) is 0 Å². The molecule has 3 aliphatic rings. The van der Waals surface area contributed by atoms with Crippen molar-refractivity contribution in [3.8, 4) is 0 Å². The molecule has 0 spiro atoms. The molecule has 0 atom stereocenters. The highest BCUT2D eigenvalue weighted by molar-refractivity contribution is 5.02. The third kappa shape index (κ3) is 6.42. The molecule has 4 N–H and O–H groups in total. The third-order valence-electron chi connectivity index (χ3n) is 7.05. The Morgan fingerprint density at radius 3 is 0.964 bits per heavy atom. The number of hydrogen-bond acceptors (Lipinski definition) is 4. The summed E-state index contributed by atoms with van der Waals surface area (Å²) in [5, 5.41) is 15.7. The molecule has 3 rings (SSSR count). The van der Waals surface area contributed by atoms with Crippen molar-refractivity contribution >= 4 is 0 Å². The molecule has 0 aromatic rings. The average molecular weight is 393 g/mol. The Morgan fingerprint density at radius 1 is 0.464 bits per heavy atom. The van der Waals surface area contributed by atoms with Crippen molar-refractivity contribution in [1.29, 1.82) is 0 Å². The fourth-order valence-electron chi connectivity index (χ4n) is 6.97. The molecule has 0 aromatic carbocycles. The van der Waals surface area contributed by atoms with Crippen LogP contribution in [0, 0.1) is 0 Å². The van der Waals surface area contributed by atoms with Gasteiger partial charge in [0.2, 0.25) is 0 Å². The van der Waals surface area contributed by atoms with E-state index in [1.807, 2.05) is 0 Å². The Morgan fingerprint density at radius 2 is 0.714 bits per heavy atom. The second kappa shape index (κ2) is 7.83. The van der Waals surface area contributed by atoms with Crippen LogP contribution in [0.3, 0.4) is 0 Å². The summed E-state index contributed by atoms with van der Waals surface area (Å²) in [6.45, 7) is 18.8. The Kier molecular flexibility index (Phi) is 6.30. The van der Waals surface area contributed by atoms with Crippen LogP contribution >= 0.6 is 0 Å². The maximum absolute atomic E-state index is 4.04. The Bertz CT molecular complexity index is 449. The Labute approximate surface area is 174 Å². The summed E-state index contributed by atoms with van der Waals surface area (Å²) in [5.41, 5.74) is 0.916. The minimum absolute atomic E-state index is 0.229. The smallest absolute Gasteiger partial charge is 0.0144 e. The quantitative estimate of drug-likeness (QED) is 0.582. The first kappa shape index (κ1) is 22.5. The molecule has 4 nitrogen and oxygen atoms in total. The molecular formula is C24H48N4. The lowest BCUT2D eigenvalue weighted by Crippen LogP contribution is -2.63. The van der Waals surface area contributed by atoms with E-state index in [2.05, 4.69) is 76.7 Å². The third-order valence-corrected chi connectivity index (χ3v) is 7.05. The topological polar surface area (TPSA) is 48.1 Å². The van der Waals surface area contributed by atoms with E-state index < -0.39 is 0 Å². The van der Waals surface area contributed by atoms with Gasteiger partial charge in [0.1, 0.15) is 0 Å². The van der Waals surface area contributed by atoms with Crippen molar-refractivity contribution in [2.24, 2.45) is 0 Å². The maximum atomic E-state index is 4.04. The second-order valence-corrected chi connectivity index (χ2v) is 12.9. The summed E-state index contributed by atoms with van der Waals surface area (Å²) < 4.78 is 0. The summed E-state index contributed by atoms with van der Waals surface area (Å²) in [4.78, 5) is 0. The number of rotatable bonds is 4. The van der Waals surface area contributed by atoms with E-state index in [4.69, 9.17) is 0 Å². The van der Waals surface area contributed by atoms with Crippen LogP contribution in [0.4, 0.5) is 0 Å². The van der Waals surface area contributed by atoms with Gasteiger partial charge in [0, 0.05) is 46.3 Å². The lowest BCUT2D eigenvalue weighted by Gasteiger charge is -2.49. The number of piperidine rings is 2. The van der Waals surface area contributed by atoms with Gasteiger partial charge in [-0.25, -0.2) is 0 Å². The minimum Gasteiger partial charge on any atom is -0.311 e. The van der Waals surface area contributed by atoms with Crippen LogP contribution in [-0.4, -0.2) is 46.3 Å². The van der Waals surface area contributed by atoms with Gasteiger partial charge in [-0.2, -0.15) is 0 Å². The molecule has 0 radical (unpaired) electrons. The summed E-state index contributed by atoms with van der Waals surface area (Å²) in [6, 6.07) is 2.70. The molecule has 0 aromatic heterocycles. The van der Waals surface area contributed by atoms with E-state index in [-0.39, 0.29) is 22.2 Å². The molecule has 3 fully saturated rings. The zero-order chi connectivity index (χ0) is 20.8. The van der Waals surface area contributed by atoms with E-state index in [0.717, 1.165) is 0 Å². The first-order chi connectivity index (χ1) is 12.7. The molecule has 28 heavy (non-hydrogen) atoms. The van der Waals surface area contributed by atoms with Gasteiger partial charge in [-0.3, -0.25) is 0 Å². The summed E-state index contributed by atoms with van der Waals surface area (Å²) >= 11 is 0. The Balaban J connectivity index is 1.46. The van der Waals surface area contributed by atoms with Gasteiger partial charge < -0.3 is 21.3 Å². The van der Waals surface area contributed by atoms with E-state index in [0.29, 0.717) is 24.2 Å². The highest BCUT2D eigenvalue weighted by Crippen LogP contribution is 2.32. The normalized spacial score (nSPS) is 35.6. The fourth-order valence-corrected chi connectivity index (χ4v) is 6.97. The van der Waals surface area contributed by atoms with Crippen molar-refractivity contribution in [1.82, 2.24) is 21.3 Å². The monoisotopic (exact) mass is 392 g/mol. The van der Waals surface area contributed by atoms with E-state index in [1.54, 1.807) is 0 Å². The zero-order valence-corrected chi connectivity index (χ0v) is 20.0. The first-order valence-corrected chi connectivity index (χ1v) is 11.8. The average Bonchev–Trinajstić information content (AvgIpc) is 2.42. The van der Waals surface area contributed by atoms with Crippen molar-refractivity contribution in [3.63, 3.8) is 0 Å². The highest BCUT2D eigenvalue weighted by atomic mass is 15.1. The number of nitrogens with one attached hydrogen (secondary N) is 4. The van der Waals surface area contributed by atoms with Crippen LogP contribution in [0.1, 0.15) is 107 Å². The maximum Gasteiger partial charge on any atom is 0.0144 e. The second-order valence-electron chi connectivity index (χ2n) is 12.9. The van der Waals surface area contributed by atoms with Gasteiger partial charge in [0.05, 0.1) is 0 Å². The van der Waals surface area contributed by atoms with Gasteiger partial charge in [-0.1, -0.05) is 0 Å². The predicted molar refractivity (Wildman–Crippen MR) is 121 cm³/mol. The predicted octanol–water partition coefficient (Wildman–Crippen LogP) is 4.10. The summed E-state index contributed by atoms with van der Waals surface area (Å²) in [5.74, 6) is 0. The standard InChI is InChI=1S/C24H48N4/c1-21(2)13-19(14-22(3,4)27-21)25-17-9-11-18(12-10-17)26-20-15-23(5,6)28-24(7,8)16-20/h17-20,25-28H,9-16H2,1-8H3. The van der Waals surface area contributed by atoms with Crippen LogP contribution in [0.15, 0.2) is 0 Å². The van der Waals surface area contributed by atoms with E-state index in [1.165, 1.54) is 51.4 Å². The largest absolute Gasteiger partial charge is 0.311 e. The molecule has 2 aliphatic heterocycles. The fraction of sp³-hybridized carbons (Fsp3) is 1.00. The minimum atomic E-state index is 0.229. The van der Waals surface area contributed by atoms with Crippen molar-refractivity contribution in [2.45, 2.75) is 153 Å². The molecule has 0 bridgehead atoms. The van der Waals surface area contributed by atoms with Gasteiger partial charge in [-0.15, -0.1) is 0 Å². The summed E-state index contributed by atoms with van der Waals surface area (Å²) in [6.07, 6.45) is 10.2. The molecule has 164 valence electrons. The molecule has 4 heteroatoms. The number of hydrogen-bond donors (Lipinski definition) is 4. The van der Waals surface area contributed by atoms with Crippen LogP contribution < -0.4 is 21.3 Å². The van der Waals surface area contributed by atoms with E-state index in [9.17, 15) is 0 Å². The van der Waals surface area contributed by atoms with E-state index >= 15 is 0 Å². The Hall–Kier alpha value is -0.160. The zero-order valence-electron chi connectivity index (χ0n) is 20.0. The first-order valence-electron chi connectivity index (χ1n) is 11.8. The van der Waals surface area contributed by atoms with Crippen molar-refractivity contribution in [3.05, 3.63) is 0 Å². The van der Waals surface area contributed by atoms with Crippen molar-refractivity contribution < 1.29 is 0 Å². The molecule has 1 saturated carbocycles. The van der Waals surface area contributed by atoms with Gasteiger partial charge >= 0.3 is 0 Å². The van der Waals surface area contributed by atoms with Crippen molar-refractivity contribution in [2.75, 3.05) is 0 Å². The van der Waals surface area contributed by atoms with Gasteiger partial charge in [0.15, 0.2) is 0 Å². The SMILES string of the molecule is CC1(C)CC(NC2CCC(NC3CC(C)(C)NC(C)(C)C3)CC2)CC(C)(C)N1. The molecular weight excluding hydrogens is 344 g/mol. The van der Waals surface area contributed by atoms with Crippen LogP contribution in [-0.2, 0) is 0 Å². The van der Waals surface area contributed by atoms with Crippen LogP contribution in [0.25, 0.3) is 0 Å². The summed E-state index contributed by atoms with van der Waals surface area (Å²) in [7, 11) is 0. The molecule has 2 saturated heterocycles. The molecule has 0 amide bonds. The lowest BCUT2D eigenvalue weighted by atomic mass is 9.78. The molecule has 1 aliphatic carbocycles. The van der Waals surface area contributed by atoms with Gasteiger partial charge in [-0.05, 0) is 107 Å². The molecule has 2 heterocycles. The lowest BCUT2D eigenvalue weighted by molar-refractivity contribution is 0.122. The van der Waals surface area contributed by atoms with Crippen LogP contribution in [0.5, 0.6) is 0 Å².